The van der Waals surface area contributed by atoms with E-state index in [1.165, 1.54) is 5.57 Å². The normalized spacial score (nSPS) is 53.5. The molecular formula is C41H66O14. The molecule has 9 N–H and O–H groups in total. The number of carbonyl (C=O) groups is 1. The van der Waals surface area contributed by atoms with E-state index in [9.17, 15) is 50.8 Å². The van der Waals surface area contributed by atoms with Crippen molar-refractivity contribution in [1.82, 2.24) is 0 Å². The Labute approximate surface area is 323 Å². The summed E-state index contributed by atoms with van der Waals surface area (Å²) in [5.41, 5.74) is -0.273. The maximum atomic E-state index is 13.0. The summed E-state index contributed by atoms with van der Waals surface area (Å²) < 4.78 is 24.2. The Hall–Kier alpha value is -1.27. The van der Waals surface area contributed by atoms with Crippen molar-refractivity contribution in [3.05, 3.63) is 11.6 Å². The Morgan fingerprint density at radius 3 is 1.98 bits per heavy atom. The van der Waals surface area contributed by atoms with Gasteiger partial charge in [0.25, 0.3) is 0 Å². The fourth-order valence-corrected chi connectivity index (χ4v) is 13.3. The minimum absolute atomic E-state index is 0.0182. The van der Waals surface area contributed by atoms with Gasteiger partial charge in [0.2, 0.25) is 0 Å². The first-order valence-electron chi connectivity index (χ1n) is 20.6. The molecule has 314 valence electrons. The molecule has 5 aliphatic carbocycles. The SMILES string of the molecule is CC1(C)CCC2(C(=O)O)CCC3C(=CCC4[C@@]3(C)CCC3C(C)(CO)C(OC5O[C@H](CO)[C@@H](O)[C@H](O)[C@H]5OC5O[C@H](CO)[C@@H](O)[C@H](O)[C@H]5O)CC[C@@]34C)C2C1. The maximum Gasteiger partial charge on any atom is 0.310 e. The fraction of sp³-hybridized carbons (Fsp3) is 0.927. The molecule has 0 aromatic rings. The van der Waals surface area contributed by atoms with E-state index < -0.39 is 97.5 Å². The second kappa shape index (κ2) is 14.8. The summed E-state index contributed by atoms with van der Waals surface area (Å²) in [7, 11) is 0. The molecule has 0 radical (unpaired) electrons. The van der Waals surface area contributed by atoms with Crippen LogP contribution in [0, 0.1) is 50.7 Å². The third kappa shape index (κ3) is 6.48. The zero-order valence-electron chi connectivity index (χ0n) is 33.0. The molecule has 2 heterocycles. The largest absolute Gasteiger partial charge is 0.481 e. The maximum absolute atomic E-state index is 13.0. The number of aliphatic hydroxyl groups is 8. The first kappa shape index (κ1) is 41.9. The lowest BCUT2D eigenvalue weighted by Crippen LogP contribution is -2.67. The number of hydrogen-bond donors (Lipinski definition) is 9. The molecule has 2 saturated heterocycles. The Morgan fingerprint density at radius 2 is 1.35 bits per heavy atom. The first-order chi connectivity index (χ1) is 25.8. The minimum atomic E-state index is -1.78. The Bertz CT molecular complexity index is 1460. The van der Waals surface area contributed by atoms with Crippen LogP contribution in [0.1, 0.15) is 98.8 Å². The second-order valence-corrected chi connectivity index (χ2v) is 19.9. The molecule has 9 unspecified atom stereocenters. The van der Waals surface area contributed by atoms with Gasteiger partial charge in [-0.25, -0.2) is 0 Å². The molecule has 6 fully saturated rings. The van der Waals surface area contributed by atoms with Crippen molar-refractivity contribution < 1.29 is 69.7 Å². The van der Waals surface area contributed by atoms with Gasteiger partial charge in [-0.05, 0) is 104 Å². The molecule has 0 bridgehead atoms. The molecule has 2 aliphatic heterocycles. The lowest BCUT2D eigenvalue weighted by molar-refractivity contribution is -0.379. The van der Waals surface area contributed by atoms with E-state index in [0.29, 0.717) is 25.2 Å². The van der Waals surface area contributed by atoms with Gasteiger partial charge < -0.3 is 64.9 Å². The van der Waals surface area contributed by atoms with Crippen LogP contribution in [0.2, 0.25) is 0 Å². The predicted molar refractivity (Wildman–Crippen MR) is 195 cm³/mol. The summed E-state index contributed by atoms with van der Waals surface area (Å²) in [5.74, 6) is -0.0127. The summed E-state index contributed by atoms with van der Waals surface area (Å²) in [6, 6.07) is 0. The van der Waals surface area contributed by atoms with Crippen LogP contribution in [-0.4, -0.2) is 139 Å². The standard InChI is InChI=1S/C41H66O14/c1-37(2)14-15-41(36(50)51)13-8-21-20(22(41)16-37)6-7-25-38(21,3)11-9-26-39(25,4)12-10-27(40(26,5)19-44)54-35-33(31(48)29(46)24(18-43)53-35)55-34-32(49)30(47)28(45)23(17-42)52-34/h6,21-35,42-49H,7-19H2,1-5H3,(H,50,51)/t21?,22?,23-,24-,25?,26?,27?,28-,29-,30+,31+,32-,33-,34?,35?,38+,39-,40?,41?/m1/s1. The number of ether oxygens (including phenoxy) is 4. The summed E-state index contributed by atoms with van der Waals surface area (Å²) in [6.45, 7) is 9.79. The molecule has 19 atom stereocenters. The number of hydrogen-bond acceptors (Lipinski definition) is 13. The number of carboxylic acids is 1. The lowest BCUT2D eigenvalue weighted by atomic mass is 9.37. The van der Waals surface area contributed by atoms with Gasteiger partial charge in [0, 0.05) is 5.41 Å². The molecule has 7 aliphatic rings. The van der Waals surface area contributed by atoms with E-state index in [2.05, 4.69) is 33.8 Å². The van der Waals surface area contributed by atoms with Crippen LogP contribution in [0.25, 0.3) is 0 Å². The molecule has 0 aromatic heterocycles. The third-order valence-corrected chi connectivity index (χ3v) is 16.6. The highest BCUT2D eigenvalue weighted by atomic mass is 16.8. The zero-order chi connectivity index (χ0) is 40.0. The third-order valence-electron chi connectivity index (χ3n) is 16.6. The van der Waals surface area contributed by atoms with Crippen molar-refractivity contribution in [3.63, 3.8) is 0 Å². The number of rotatable bonds is 8. The molecule has 0 spiro atoms. The Morgan fingerprint density at radius 1 is 0.709 bits per heavy atom. The Balaban J connectivity index is 1.15. The quantitative estimate of drug-likeness (QED) is 0.125. The van der Waals surface area contributed by atoms with E-state index in [4.69, 9.17) is 18.9 Å². The summed E-state index contributed by atoms with van der Waals surface area (Å²) in [4.78, 5) is 13.0. The molecule has 4 saturated carbocycles. The second-order valence-electron chi connectivity index (χ2n) is 19.9. The van der Waals surface area contributed by atoms with Crippen LogP contribution in [0.5, 0.6) is 0 Å². The lowest BCUT2D eigenvalue weighted by Gasteiger charge is -2.68. The van der Waals surface area contributed by atoms with Crippen molar-refractivity contribution in [2.24, 2.45) is 50.7 Å². The van der Waals surface area contributed by atoms with Gasteiger partial charge in [0.1, 0.15) is 48.8 Å². The number of carboxylic acid groups (broad SMARTS) is 1. The molecule has 14 heteroatoms. The van der Waals surface area contributed by atoms with Crippen LogP contribution in [0.3, 0.4) is 0 Å². The van der Waals surface area contributed by atoms with Crippen LogP contribution in [0.15, 0.2) is 11.6 Å². The molecular weight excluding hydrogens is 716 g/mol. The zero-order valence-corrected chi connectivity index (χ0v) is 33.0. The van der Waals surface area contributed by atoms with Crippen LogP contribution in [0.4, 0.5) is 0 Å². The summed E-state index contributed by atoms with van der Waals surface area (Å²) in [6.07, 6.45) is -5.81. The van der Waals surface area contributed by atoms with Gasteiger partial charge in [0.05, 0.1) is 31.3 Å². The van der Waals surface area contributed by atoms with Crippen LogP contribution < -0.4 is 0 Å². The highest BCUT2D eigenvalue weighted by Crippen LogP contribution is 2.72. The number of aliphatic hydroxyl groups excluding tert-OH is 8. The average molecular weight is 783 g/mol. The summed E-state index contributed by atoms with van der Waals surface area (Å²) >= 11 is 0. The average Bonchev–Trinajstić information content (AvgIpc) is 3.14. The van der Waals surface area contributed by atoms with Crippen LogP contribution >= 0.6 is 0 Å². The molecule has 55 heavy (non-hydrogen) atoms. The van der Waals surface area contributed by atoms with E-state index >= 15 is 0 Å². The van der Waals surface area contributed by atoms with E-state index in [-0.39, 0.29) is 40.6 Å². The number of fused-ring (bicyclic) bond motifs is 7. The van der Waals surface area contributed by atoms with Gasteiger partial charge in [-0.3, -0.25) is 4.79 Å². The summed E-state index contributed by atoms with van der Waals surface area (Å²) in [5, 5.41) is 95.2. The molecule has 0 amide bonds. The molecule has 14 nitrogen and oxygen atoms in total. The van der Waals surface area contributed by atoms with Crippen molar-refractivity contribution in [2.45, 2.75) is 166 Å². The van der Waals surface area contributed by atoms with E-state index in [0.717, 1.165) is 44.9 Å². The van der Waals surface area contributed by atoms with Gasteiger partial charge >= 0.3 is 5.97 Å². The van der Waals surface area contributed by atoms with Crippen molar-refractivity contribution in [2.75, 3.05) is 19.8 Å². The Kier molecular flexibility index (Phi) is 11.2. The molecule has 0 aromatic carbocycles. The highest BCUT2D eigenvalue weighted by Gasteiger charge is 2.67. The van der Waals surface area contributed by atoms with E-state index in [1.54, 1.807) is 0 Å². The smallest absolute Gasteiger partial charge is 0.310 e. The topological polar surface area (TPSA) is 236 Å². The fourth-order valence-electron chi connectivity index (χ4n) is 13.3. The van der Waals surface area contributed by atoms with Gasteiger partial charge in [-0.15, -0.1) is 0 Å². The van der Waals surface area contributed by atoms with Crippen molar-refractivity contribution in [3.8, 4) is 0 Å². The van der Waals surface area contributed by atoms with Gasteiger partial charge in [-0.1, -0.05) is 46.3 Å². The minimum Gasteiger partial charge on any atom is -0.481 e. The monoisotopic (exact) mass is 782 g/mol. The first-order valence-corrected chi connectivity index (χ1v) is 20.6. The number of allylic oxidation sites excluding steroid dienone is 2. The van der Waals surface area contributed by atoms with Gasteiger partial charge in [-0.2, -0.15) is 0 Å². The van der Waals surface area contributed by atoms with Gasteiger partial charge in [0.15, 0.2) is 12.6 Å². The number of aliphatic carboxylic acids is 1. The van der Waals surface area contributed by atoms with Crippen molar-refractivity contribution >= 4 is 5.97 Å². The van der Waals surface area contributed by atoms with Crippen LogP contribution in [-0.2, 0) is 23.7 Å². The predicted octanol–water partition coefficient (Wildman–Crippen LogP) is 1.46. The highest BCUT2D eigenvalue weighted by molar-refractivity contribution is 5.76. The molecule has 7 rings (SSSR count). The van der Waals surface area contributed by atoms with Crippen molar-refractivity contribution in [1.29, 1.82) is 0 Å². The van der Waals surface area contributed by atoms with E-state index in [1.807, 2.05) is 6.92 Å².